The van der Waals surface area contributed by atoms with Gasteiger partial charge in [-0.3, -0.25) is 0 Å². The molecule has 118 valence electrons. The number of benzene rings is 1. The van der Waals surface area contributed by atoms with Crippen molar-refractivity contribution in [2.75, 3.05) is 13.1 Å². The minimum atomic E-state index is -0.904. The highest BCUT2D eigenvalue weighted by Crippen LogP contribution is 2.47. The Balaban J connectivity index is 0.00000144. The minimum absolute atomic E-state index is 0. The van der Waals surface area contributed by atoms with Crippen molar-refractivity contribution in [2.45, 2.75) is 24.7 Å². The van der Waals surface area contributed by atoms with E-state index < -0.39 is 11.6 Å². The molecular formula is C15H16ClF2N3O. The molecule has 0 amide bonds. The second-order valence-electron chi connectivity index (χ2n) is 5.93. The zero-order chi connectivity index (χ0) is 14.4. The number of fused-ring (bicyclic) bond motifs is 1. The molecule has 2 aliphatic rings. The topological polar surface area (TPSA) is 51.0 Å². The first-order valence-corrected chi connectivity index (χ1v) is 7.19. The number of nitrogens with zero attached hydrogens (tertiary/aromatic N) is 2. The van der Waals surface area contributed by atoms with E-state index in [4.69, 9.17) is 4.52 Å². The third-order valence-corrected chi connectivity index (χ3v) is 4.82. The summed E-state index contributed by atoms with van der Waals surface area (Å²) < 4.78 is 31.8. The highest BCUT2D eigenvalue weighted by Gasteiger charge is 2.51. The van der Waals surface area contributed by atoms with Gasteiger partial charge in [-0.15, -0.1) is 12.4 Å². The molecule has 4 rings (SSSR count). The fourth-order valence-corrected chi connectivity index (χ4v) is 3.68. The van der Waals surface area contributed by atoms with Crippen LogP contribution in [0.2, 0.25) is 0 Å². The van der Waals surface area contributed by atoms with Gasteiger partial charge in [-0.25, -0.2) is 8.78 Å². The lowest BCUT2D eigenvalue weighted by atomic mass is 9.80. The molecule has 2 aromatic rings. The summed E-state index contributed by atoms with van der Waals surface area (Å²) in [6.45, 7) is 1.82. The maximum absolute atomic E-state index is 13.3. The SMILES string of the molecule is Cl.Fc1ccc(-c2noc([C@@]34CCC[C@@H]3CNC4)n2)cc1F. The molecule has 2 atom stereocenters. The van der Waals surface area contributed by atoms with Gasteiger partial charge in [0.1, 0.15) is 0 Å². The summed E-state index contributed by atoms with van der Waals surface area (Å²) >= 11 is 0. The van der Waals surface area contributed by atoms with E-state index in [1.54, 1.807) is 0 Å². The summed E-state index contributed by atoms with van der Waals surface area (Å²) in [6.07, 6.45) is 3.36. The number of rotatable bonds is 2. The van der Waals surface area contributed by atoms with E-state index in [1.807, 2.05) is 0 Å². The lowest BCUT2D eigenvalue weighted by Crippen LogP contribution is -2.31. The van der Waals surface area contributed by atoms with Crippen molar-refractivity contribution in [1.29, 1.82) is 0 Å². The lowest BCUT2D eigenvalue weighted by molar-refractivity contribution is 0.265. The van der Waals surface area contributed by atoms with E-state index in [0.717, 1.165) is 44.5 Å². The normalized spacial score (nSPS) is 26.7. The summed E-state index contributed by atoms with van der Waals surface area (Å²) in [5, 5.41) is 7.35. The summed E-state index contributed by atoms with van der Waals surface area (Å²) in [4.78, 5) is 4.46. The van der Waals surface area contributed by atoms with Crippen LogP contribution in [0.4, 0.5) is 8.78 Å². The van der Waals surface area contributed by atoms with Crippen LogP contribution in [0.1, 0.15) is 25.2 Å². The van der Waals surface area contributed by atoms with E-state index >= 15 is 0 Å². The minimum Gasteiger partial charge on any atom is -0.338 e. The third kappa shape index (κ3) is 2.21. The van der Waals surface area contributed by atoms with Crippen LogP contribution in [0.3, 0.4) is 0 Å². The molecule has 0 radical (unpaired) electrons. The van der Waals surface area contributed by atoms with Gasteiger partial charge >= 0.3 is 0 Å². The van der Waals surface area contributed by atoms with Gasteiger partial charge in [-0.2, -0.15) is 4.98 Å². The predicted octanol–water partition coefficient (Wildman–Crippen LogP) is 3.08. The molecule has 7 heteroatoms. The second-order valence-corrected chi connectivity index (χ2v) is 5.93. The molecule has 22 heavy (non-hydrogen) atoms. The Morgan fingerprint density at radius 2 is 2.14 bits per heavy atom. The number of hydrogen-bond acceptors (Lipinski definition) is 4. The fraction of sp³-hybridized carbons (Fsp3) is 0.467. The fourth-order valence-electron chi connectivity index (χ4n) is 3.68. The largest absolute Gasteiger partial charge is 0.338 e. The van der Waals surface area contributed by atoms with Crippen molar-refractivity contribution in [3.8, 4) is 11.4 Å². The third-order valence-electron chi connectivity index (χ3n) is 4.82. The molecule has 2 fully saturated rings. The van der Waals surface area contributed by atoms with Crippen LogP contribution < -0.4 is 5.32 Å². The van der Waals surface area contributed by atoms with Gasteiger partial charge in [0, 0.05) is 12.1 Å². The first kappa shape index (κ1) is 15.4. The zero-order valence-electron chi connectivity index (χ0n) is 11.8. The van der Waals surface area contributed by atoms with Crippen molar-refractivity contribution in [3.63, 3.8) is 0 Å². The van der Waals surface area contributed by atoms with E-state index in [-0.39, 0.29) is 17.8 Å². The van der Waals surface area contributed by atoms with Crippen molar-refractivity contribution < 1.29 is 13.3 Å². The standard InChI is InChI=1S/C15H15F2N3O.ClH/c16-11-4-3-9(6-12(11)17)13-19-14(21-20-13)15-5-1-2-10(15)7-18-8-15;/h3-4,6,10,18H,1-2,5,7-8H2;1H/t10-,15-;/m1./s1. The smallest absolute Gasteiger partial charge is 0.234 e. The highest BCUT2D eigenvalue weighted by atomic mass is 35.5. The number of hydrogen-bond donors (Lipinski definition) is 1. The molecule has 1 saturated heterocycles. The summed E-state index contributed by atoms with van der Waals surface area (Å²) in [5.74, 6) is -0.323. The molecule has 1 aliphatic carbocycles. The second kappa shape index (κ2) is 5.59. The molecule has 1 aromatic heterocycles. The van der Waals surface area contributed by atoms with Crippen LogP contribution in [0, 0.1) is 17.6 Å². The summed E-state index contributed by atoms with van der Waals surface area (Å²) in [7, 11) is 0. The maximum atomic E-state index is 13.3. The Labute approximate surface area is 132 Å². The first-order valence-electron chi connectivity index (χ1n) is 7.19. The van der Waals surface area contributed by atoms with Crippen molar-refractivity contribution in [1.82, 2.24) is 15.5 Å². The Kier molecular flexibility index (Phi) is 3.91. The van der Waals surface area contributed by atoms with Gasteiger partial charge in [0.05, 0.1) is 5.41 Å². The zero-order valence-corrected chi connectivity index (χ0v) is 12.6. The van der Waals surface area contributed by atoms with Crippen LogP contribution >= 0.6 is 12.4 Å². The van der Waals surface area contributed by atoms with Crippen molar-refractivity contribution in [3.05, 3.63) is 35.7 Å². The van der Waals surface area contributed by atoms with Gasteiger partial charge in [-0.05, 0) is 43.5 Å². The molecule has 1 aromatic carbocycles. The summed E-state index contributed by atoms with van der Waals surface area (Å²) in [5.41, 5.74) is 0.352. The molecule has 4 nitrogen and oxygen atoms in total. The number of nitrogens with one attached hydrogen (secondary N) is 1. The molecule has 2 heterocycles. The quantitative estimate of drug-likeness (QED) is 0.921. The Morgan fingerprint density at radius 3 is 2.95 bits per heavy atom. The van der Waals surface area contributed by atoms with Crippen molar-refractivity contribution >= 4 is 12.4 Å². The monoisotopic (exact) mass is 327 g/mol. The molecule has 1 N–H and O–H groups in total. The summed E-state index contributed by atoms with van der Waals surface area (Å²) in [6, 6.07) is 3.64. The lowest BCUT2D eigenvalue weighted by Gasteiger charge is -2.22. The molecule has 0 unspecified atom stereocenters. The van der Waals surface area contributed by atoms with Crippen LogP contribution in [0.25, 0.3) is 11.4 Å². The Bertz CT molecular complexity index is 681. The van der Waals surface area contributed by atoms with Crippen LogP contribution in [-0.4, -0.2) is 23.2 Å². The number of aromatic nitrogens is 2. The molecule has 1 saturated carbocycles. The molecule has 1 aliphatic heterocycles. The Hall–Kier alpha value is -1.53. The molecule has 0 bridgehead atoms. The van der Waals surface area contributed by atoms with E-state index in [9.17, 15) is 8.78 Å². The first-order chi connectivity index (χ1) is 10.2. The predicted molar refractivity (Wildman–Crippen MR) is 78.8 cm³/mol. The van der Waals surface area contributed by atoms with Gasteiger partial charge in [0.25, 0.3) is 0 Å². The van der Waals surface area contributed by atoms with Crippen molar-refractivity contribution in [2.24, 2.45) is 5.92 Å². The van der Waals surface area contributed by atoms with E-state index in [0.29, 0.717) is 23.2 Å². The van der Waals surface area contributed by atoms with Gasteiger partial charge < -0.3 is 9.84 Å². The molecule has 0 spiro atoms. The van der Waals surface area contributed by atoms with Gasteiger partial charge in [-0.1, -0.05) is 11.6 Å². The molecular weight excluding hydrogens is 312 g/mol. The Morgan fingerprint density at radius 1 is 1.27 bits per heavy atom. The van der Waals surface area contributed by atoms with Gasteiger partial charge in [0.15, 0.2) is 11.6 Å². The highest BCUT2D eigenvalue weighted by molar-refractivity contribution is 5.85. The van der Waals surface area contributed by atoms with Crippen LogP contribution in [0.5, 0.6) is 0 Å². The average Bonchev–Trinajstić information content (AvgIpc) is 3.14. The van der Waals surface area contributed by atoms with Gasteiger partial charge in [0.2, 0.25) is 11.7 Å². The number of halogens is 3. The van der Waals surface area contributed by atoms with E-state index in [2.05, 4.69) is 15.5 Å². The van der Waals surface area contributed by atoms with Crippen LogP contribution in [-0.2, 0) is 5.41 Å². The van der Waals surface area contributed by atoms with Crippen LogP contribution in [0.15, 0.2) is 22.7 Å². The average molecular weight is 328 g/mol. The van der Waals surface area contributed by atoms with E-state index in [1.165, 1.54) is 6.07 Å². The maximum Gasteiger partial charge on any atom is 0.234 e.